The third-order valence-corrected chi connectivity index (χ3v) is 3.92. The van der Waals surface area contributed by atoms with Gasteiger partial charge in [-0.05, 0) is 65.1 Å². The Morgan fingerprint density at radius 3 is 2.53 bits per heavy atom. The maximum absolute atomic E-state index is 5.68. The van der Waals surface area contributed by atoms with E-state index < -0.39 is 0 Å². The zero-order valence-electron chi connectivity index (χ0n) is 10.9. The maximum Gasteiger partial charge on any atom is 0.0460 e. The fourth-order valence-electron chi connectivity index (χ4n) is 2.22. The summed E-state index contributed by atoms with van der Waals surface area (Å²) in [4.78, 5) is 0. The minimum absolute atomic E-state index is 0.235. The van der Waals surface area contributed by atoms with Crippen LogP contribution in [0.5, 0.6) is 0 Å². The predicted octanol–water partition coefficient (Wildman–Crippen LogP) is 3.82. The number of hydrazine groups is 1. The van der Waals surface area contributed by atoms with Gasteiger partial charge in [0.15, 0.2) is 0 Å². The van der Waals surface area contributed by atoms with Gasteiger partial charge in [0, 0.05) is 9.61 Å². The van der Waals surface area contributed by atoms with Crippen molar-refractivity contribution in [1.29, 1.82) is 0 Å². The first kappa shape index (κ1) is 14.5. The summed E-state index contributed by atoms with van der Waals surface area (Å²) >= 11 is 2.33. The summed E-state index contributed by atoms with van der Waals surface area (Å²) < 4.78 is 1.25. The van der Waals surface area contributed by atoms with E-state index in [0.29, 0.717) is 0 Å². The summed E-state index contributed by atoms with van der Waals surface area (Å²) in [5, 5.41) is 0. The van der Waals surface area contributed by atoms with E-state index in [0.717, 1.165) is 19.3 Å². The number of hydrogen-bond acceptors (Lipinski definition) is 2. The lowest BCUT2D eigenvalue weighted by atomic mass is 9.99. The molecule has 0 amide bonds. The molecule has 0 aliphatic carbocycles. The molecule has 1 unspecified atom stereocenters. The van der Waals surface area contributed by atoms with Crippen molar-refractivity contribution in [2.45, 2.75) is 25.3 Å². The van der Waals surface area contributed by atoms with E-state index in [9.17, 15) is 0 Å². The molecule has 3 N–H and O–H groups in total. The zero-order valence-corrected chi connectivity index (χ0v) is 13.0. The third-order valence-electron chi connectivity index (χ3n) is 3.25. The Hall–Kier alpha value is -0.910. The molecule has 0 saturated carbocycles. The van der Waals surface area contributed by atoms with Gasteiger partial charge in [0.1, 0.15) is 0 Å². The van der Waals surface area contributed by atoms with E-state index in [1.165, 1.54) is 14.7 Å². The van der Waals surface area contributed by atoms with Gasteiger partial charge < -0.3 is 0 Å². The van der Waals surface area contributed by atoms with Crippen molar-refractivity contribution in [2.24, 2.45) is 5.84 Å². The molecular formula is C16H19IN2. The molecule has 0 spiro atoms. The Morgan fingerprint density at radius 2 is 1.84 bits per heavy atom. The van der Waals surface area contributed by atoms with Gasteiger partial charge in [-0.3, -0.25) is 11.3 Å². The van der Waals surface area contributed by atoms with Crippen molar-refractivity contribution in [3.05, 3.63) is 69.3 Å². The van der Waals surface area contributed by atoms with Crippen LogP contribution in [0, 0.1) is 3.57 Å². The van der Waals surface area contributed by atoms with Gasteiger partial charge in [0.2, 0.25) is 0 Å². The molecule has 0 aliphatic rings. The van der Waals surface area contributed by atoms with Crippen molar-refractivity contribution < 1.29 is 0 Å². The summed E-state index contributed by atoms with van der Waals surface area (Å²) in [6.45, 7) is 0. The predicted molar refractivity (Wildman–Crippen MR) is 88.6 cm³/mol. The third kappa shape index (κ3) is 4.60. The molecule has 2 aromatic rings. The first-order valence-electron chi connectivity index (χ1n) is 6.55. The van der Waals surface area contributed by atoms with Gasteiger partial charge in [0.05, 0.1) is 0 Å². The number of nitrogens with two attached hydrogens (primary N) is 1. The molecule has 3 heteroatoms. The molecule has 0 aliphatic heterocycles. The Labute approximate surface area is 128 Å². The highest BCUT2D eigenvalue weighted by atomic mass is 127. The summed E-state index contributed by atoms with van der Waals surface area (Å²) in [5.41, 5.74) is 5.58. The fraction of sp³-hybridized carbons (Fsp3) is 0.250. The molecule has 100 valence electrons. The molecule has 0 fully saturated rings. The van der Waals surface area contributed by atoms with Crippen molar-refractivity contribution in [3.63, 3.8) is 0 Å². The average Bonchev–Trinajstić information content (AvgIpc) is 2.45. The summed E-state index contributed by atoms with van der Waals surface area (Å²) in [6, 6.07) is 19.3. The first-order valence-corrected chi connectivity index (χ1v) is 7.63. The largest absolute Gasteiger partial charge is 0.271 e. The molecule has 0 radical (unpaired) electrons. The fourth-order valence-corrected chi connectivity index (χ4v) is 2.79. The smallest absolute Gasteiger partial charge is 0.0460 e. The number of halogens is 1. The second-order valence-corrected chi connectivity index (χ2v) is 5.90. The maximum atomic E-state index is 5.68. The van der Waals surface area contributed by atoms with Gasteiger partial charge in [-0.2, -0.15) is 0 Å². The molecule has 2 rings (SSSR count). The lowest BCUT2D eigenvalue weighted by molar-refractivity contribution is 0.498. The van der Waals surface area contributed by atoms with Crippen molar-refractivity contribution >= 4 is 22.6 Å². The van der Waals surface area contributed by atoms with Crippen LogP contribution in [0.3, 0.4) is 0 Å². The molecule has 2 aromatic carbocycles. The molecule has 2 nitrogen and oxygen atoms in total. The van der Waals surface area contributed by atoms with Crippen molar-refractivity contribution in [3.8, 4) is 0 Å². The molecular weight excluding hydrogens is 347 g/mol. The van der Waals surface area contributed by atoms with E-state index in [4.69, 9.17) is 5.84 Å². The molecule has 0 heterocycles. The molecule has 1 atom stereocenters. The van der Waals surface area contributed by atoms with Crippen LogP contribution < -0.4 is 11.3 Å². The van der Waals surface area contributed by atoms with E-state index in [1.54, 1.807) is 0 Å². The van der Waals surface area contributed by atoms with Gasteiger partial charge in [-0.25, -0.2) is 0 Å². The Bertz CT molecular complexity index is 499. The van der Waals surface area contributed by atoms with Crippen LogP contribution in [-0.2, 0) is 6.42 Å². The molecule has 19 heavy (non-hydrogen) atoms. The van der Waals surface area contributed by atoms with Gasteiger partial charge in [0.25, 0.3) is 0 Å². The number of hydrogen-bond donors (Lipinski definition) is 2. The van der Waals surface area contributed by atoms with E-state index >= 15 is 0 Å². The van der Waals surface area contributed by atoms with Crippen LogP contribution in [0.2, 0.25) is 0 Å². The van der Waals surface area contributed by atoms with Crippen LogP contribution in [0.4, 0.5) is 0 Å². The minimum atomic E-state index is 0.235. The monoisotopic (exact) mass is 366 g/mol. The summed E-state index contributed by atoms with van der Waals surface area (Å²) in [7, 11) is 0. The van der Waals surface area contributed by atoms with Crippen LogP contribution in [0.25, 0.3) is 0 Å². The molecule has 0 bridgehead atoms. The topological polar surface area (TPSA) is 38.0 Å². The summed E-state index contributed by atoms with van der Waals surface area (Å²) in [6.07, 6.45) is 3.28. The normalized spacial score (nSPS) is 12.3. The Kier molecular flexibility index (Phi) is 5.82. The van der Waals surface area contributed by atoms with E-state index in [-0.39, 0.29) is 6.04 Å². The van der Waals surface area contributed by atoms with Gasteiger partial charge >= 0.3 is 0 Å². The van der Waals surface area contributed by atoms with Crippen LogP contribution in [-0.4, -0.2) is 0 Å². The van der Waals surface area contributed by atoms with E-state index in [1.807, 2.05) is 0 Å². The first-order chi connectivity index (χ1) is 9.29. The van der Waals surface area contributed by atoms with Crippen LogP contribution in [0.1, 0.15) is 30.0 Å². The van der Waals surface area contributed by atoms with Gasteiger partial charge in [-0.1, -0.05) is 42.5 Å². The average molecular weight is 366 g/mol. The highest BCUT2D eigenvalue weighted by Crippen LogP contribution is 2.20. The molecule has 0 saturated heterocycles. The van der Waals surface area contributed by atoms with Gasteiger partial charge in [-0.15, -0.1) is 0 Å². The van der Waals surface area contributed by atoms with Crippen molar-refractivity contribution in [1.82, 2.24) is 5.43 Å². The SMILES string of the molecule is NNC(CCCc1ccccc1)c1cccc(I)c1. The number of rotatable bonds is 6. The highest BCUT2D eigenvalue weighted by molar-refractivity contribution is 14.1. The standard InChI is InChI=1S/C16H19IN2/c17-15-10-5-9-14(12-15)16(19-18)11-4-8-13-6-2-1-3-7-13/h1-3,5-7,9-10,12,16,19H,4,8,11,18H2. The van der Waals surface area contributed by atoms with Crippen molar-refractivity contribution in [2.75, 3.05) is 0 Å². The zero-order chi connectivity index (χ0) is 13.5. The lowest BCUT2D eigenvalue weighted by Crippen LogP contribution is -2.28. The van der Waals surface area contributed by atoms with Crippen LogP contribution >= 0.6 is 22.6 Å². The number of nitrogens with one attached hydrogen (secondary N) is 1. The molecule has 0 aromatic heterocycles. The minimum Gasteiger partial charge on any atom is -0.271 e. The summed E-state index contributed by atoms with van der Waals surface area (Å²) in [5.74, 6) is 5.68. The van der Waals surface area contributed by atoms with Crippen LogP contribution in [0.15, 0.2) is 54.6 Å². The quantitative estimate of drug-likeness (QED) is 0.464. The highest BCUT2D eigenvalue weighted by Gasteiger charge is 2.09. The lowest BCUT2D eigenvalue weighted by Gasteiger charge is -2.16. The Balaban J connectivity index is 1.89. The second-order valence-electron chi connectivity index (χ2n) is 4.65. The number of benzene rings is 2. The number of aryl methyl sites for hydroxylation is 1. The Morgan fingerprint density at radius 1 is 1.05 bits per heavy atom. The second kappa shape index (κ2) is 7.62. The van der Waals surface area contributed by atoms with E-state index in [2.05, 4.69) is 82.6 Å².